The van der Waals surface area contributed by atoms with Crippen LogP contribution in [-0.4, -0.2) is 44.3 Å². The minimum absolute atomic E-state index is 0.0167. The molecular weight excluding hydrogens is 378 g/mol. The van der Waals surface area contributed by atoms with Gasteiger partial charge in [-0.15, -0.1) is 0 Å². The summed E-state index contributed by atoms with van der Waals surface area (Å²) in [5.74, 6) is 0.551. The average Bonchev–Trinajstić information content (AvgIpc) is 3.22. The number of carbonyl (C=O) groups excluding carboxylic acids is 2. The van der Waals surface area contributed by atoms with E-state index in [1.807, 2.05) is 58.9 Å². The molecular formula is C23H25N5O2. The fraction of sp³-hybridized carbons (Fsp3) is 0.304. The van der Waals surface area contributed by atoms with Gasteiger partial charge in [0.15, 0.2) is 0 Å². The molecule has 0 bridgehead atoms. The molecule has 0 saturated carbocycles. The lowest BCUT2D eigenvalue weighted by atomic mass is 10.0. The fourth-order valence-electron chi connectivity index (χ4n) is 3.76. The van der Waals surface area contributed by atoms with E-state index in [1.165, 1.54) is 0 Å². The number of pyridine rings is 1. The Morgan fingerprint density at radius 3 is 2.70 bits per heavy atom. The summed E-state index contributed by atoms with van der Waals surface area (Å²) in [6.45, 7) is 3.78. The molecule has 154 valence electrons. The Morgan fingerprint density at radius 1 is 1.13 bits per heavy atom. The summed E-state index contributed by atoms with van der Waals surface area (Å²) in [6, 6.07) is 13.3. The lowest BCUT2D eigenvalue weighted by Gasteiger charge is -2.36. The molecule has 7 heteroatoms. The molecule has 1 unspecified atom stereocenters. The molecule has 7 nitrogen and oxygen atoms in total. The highest BCUT2D eigenvalue weighted by atomic mass is 16.2. The van der Waals surface area contributed by atoms with Crippen molar-refractivity contribution in [2.24, 2.45) is 0 Å². The van der Waals surface area contributed by atoms with Gasteiger partial charge in [-0.3, -0.25) is 14.6 Å². The Balaban J connectivity index is 1.67. The highest BCUT2D eigenvalue weighted by Crippen LogP contribution is 2.32. The van der Waals surface area contributed by atoms with Crippen molar-refractivity contribution in [3.8, 4) is 0 Å². The number of carbonyl (C=O) groups is 2. The molecule has 0 fully saturated rings. The zero-order valence-corrected chi connectivity index (χ0v) is 17.0. The Bertz CT molecular complexity index is 1020. The van der Waals surface area contributed by atoms with E-state index in [0.717, 1.165) is 17.5 Å². The Morgan fingerprint density at radius 2 is 1.97 bits per heavy atom. The standard InChI is InChI=1S/C23H25N5O2/c1-2-10-25-23(30)19-16-27-12-13-28(20(29)14-17-7-6-11-24-15-17)21(22(27)26-19)18-8-4-3-5-9-18/h3-9,11,15-16,21H,2,10,12-14H2,1H3,(H,25,30). The number of fused-ring (bicyclic) bond motifs is 1. The molecule has 1 aliphatic heterocycles. The van der Waals surface area contributed by atoms with Crippen LogP contribution in [0.25, 0.3) is 0 Å². The summed E-state index contributed by atoms with van der Waals surface area (Å²) in [4.78, 5) is 36.3. The third kappa shape index (κ3) is 4.10. The number of nitrogens with zero attached hydrogens (tertiary/aromatic N) is 4. The van der Waals surface area contributed by atoms with Gasteiger partial charge in [-0.25, -0.2) is 4.98 Å². The van der Waals surface area contributed by atoms with Crippen LogP contribution in [0.4, 0.5) is 0 Å². The van der Waals surface area contributed by atoms with Crippen LogP contribution in [0.15, 0.2) is 61.1 Å². The first kappa shape index (κ1) is 19.8. The van der Waals surface area contributed by atoms with Crippen LogP contribution >= 0.6 is 0 Å². The number of nitrogens with one attached hydrogen (secondary N) is 1. The highest BCUT2D eigenvalue weighted by molar-refractivity contribution is 5.92. The van der Waals surface area contributed by atoms with E-state index in [2.05, 4.69) is 15.3 Å². The quantitative estimate of drug-likeness (QED) is 0.686. The van der Waals surface area contributed by atoms with Gasteiger partial charge in [0.2, 0.25) is 5.91 Å². The molecule has 1 N–H and O–H groups in total. The zero-order chi connectivity index (χ0) is 20.9. The van der Waals surface area contributed by atoms with E-state index >= 15 is 0 Å². The summed E-state index contributed by atoms with van der Waals surface area (Å²) in [5.41, 5.74) is 2.24. The molecule has 2 aromatic heterocycles. The smallest absolute Gasteiger partial charge is 0.271 e. The average molecular weight is 403 g/mol. The Labute approximate surface area is 175 Å². The second kappa shape index (κ2) is 8.90. The van der Waals surface area contributed by atoms with Crippen molar-refractivity contribution in [2.75, 3.05) is 13.1 Å². The van der Waals surface area contributed by atoms with Gasteiger partial charge >= 0.3 is 0 Å². The summed E-state index contributed by atoms with van der Waals surface area (Å²) in [5, 5.41) is 2.88. The first-order valence-electron chi connectivity index (χ1n) is 10.3. The van der Waals surface area contributed by atoms with Crippen molar-refractivity contribution in [3.63, 3.8) is 0 Å². The molecule has 4 rings (SSSR count). The normalized spacial score (nSPS) is 15.5. The van der Waals surface area contributed by atoms with E-state index in [0.29, 0.717) is 31.2 Å². The third-order valence-corrected chi connectivity index (χ3v) is 5.23. The van der Waals surface area contributed by atoms with Gasteiger partial charge in [-0.05, 0) is 23.6 Å². The van der Waals surface area contributed by atoms with Crippen LogP contribution in [0.1, 0.15) is 46.8 Å². The predicted octanol–water partition coefficient (Wildman–Crippen LogP) is 2.59. The maximum atomic E-state index is 13.2. The minimum Gasteiger partial charge on any atom is -0.351 e. The fourth-order valence-corrected chi connectivity index (χ4v) is 3.76. The van der Waals surface area contributed by atoms with E-state index < -0.39 is 0 Å². The van der Waals surface area contributed by atoms with Gasteiger partial charge in [0.05, 0.1) is 6.42 Å². The number of hydrogen-bond donors (Lipinski definition) is 1. The highest BCUT2D eigenvalue weighted by Gasteiger charge is 2.34. The maximum Gasteiger partial charge on any atom is 0.271 e. The number of aromatic nitrogens is 3. The first-order valence-corrected chi connectivity index (χ1v) is 10.3. The summed E-state index contributed by atoms with van der Waals surface area (Å²) in [6.07, 6.45) is 6.35. The van der Waals surface area contributed by atoms with Crippen molar-refractivity contribution in [1.82, 2.24) is 24.8 Å². The van der Waals surface area contributed by atoms with Gasteiger partial charge in [0, 0.05) is 38.2 Å². The number of amides is 2. The van der Waals surface area contributed by atoms with Crippen LogP contribution < -0.4 is 5.32 Å². The Hall–Kier alpha value is -3.48. The van der Waals surface area contributed by atoms with Crippen LogP contribution in [0, 0.1) is 0 Å². The molecule has 1 atom stereocenters. The monoisotopic (exact) mass is 403 g/mol. The molecule has 0 radical (unpaired) electrons. The van der Waals surface area contributed by atoms with E-state index in [1.54, 1.807) is 18.6 Å². The van der Waals surface area contributed by atoms with Gasteiger partial charge in [0.25, 0.3) is 5.91 Å². The molecule has 1 aromatic carbocycles. The van der Waals surface area contributed by atoms with E-state index in [-0.39, 0.29) is 24.3 Å². The summed E-state index contributed by atoms with van der Waals surface area (Å²) >= 11 is 0. The molecule has 3 heterocycles. The van der Waals surface area contributed by atoms with E-state index in [4.69, 9.17) is 0 Å². The zero-order valence-electron chi connectivity index (χ0n) is 17.0. The van der Waals surface area contributed by atoms with Gasteiger partial charge < -0.3 is 14.8 Å². The Kier molecular flexibility index (Phi) is 5.88. The maximum absolute atomic E-state index is 13.2. The molecule has 0 spiro atoms. The number of rotatable bonds is 6. The van der Waals surface area contributed by atoms with Crippen LogP contribution in [0.3, 0.4) is 0 Å². The van der Waals surface area contributed by atoms with Crippen LogP contribution in [-0.2, 0) is 17.8 Å². The summed E-state index contributed by atoms with van der Waals surface area (Å²) in [7, 11) is 0. The SMILES string of the molecule is CCCNC(=O)c1cn2c(n1)C(c1ccccc1)N(C(=O)Cc1cccnc1)CC2. The van der Waals surface area contributed by atoms with Crippen molar-refractivity contribution in [1.29, 1.82) is 0 Å². The third-order valence-electron chi connectivity index (χ3n) is 5.23. The van der Waals surface area contributed by atoms with Crippen molar-refractivity contribution in [3.05, 3.63) is 83.7 Å². The summed E-state index contributed by atoms with van der Waals surface area (Å²) < 4.78 is 1.99. The second-order valence-electron chi connectivity index (χ2n) is 7.37. The molecule has 30 heavy (non-hydrogen) atoms. The van der Waals surface area contributed by atoms with Crippen LogP contribution in [0.5, 0.6) is 0 Å². The predicted molar refractivity (Wildman–Crippen MR) is 113 cm³/mol. The first-order chi connectivity index (χ1) is 14.7. The number of imidazole rings is 1. The van der Waals surface area contributed by atoms with Crippen molar-refractivity contribution in [2.45, 2.75) is 32.4 Å². The van der Waals surface area contributed by atoms with E-state index in [9.17, 15) is 9.59 Å². The second-order valence-corrected chi connectivity index (χ2v) is 7.37. The van der Waals surface area contributed by atoms with Crippen molar-refractivity contribution >= 4 is 11.8 Å². The van der Waals surface area contributed by atoms with Gasteiger partial charge in [0.1, 0.15) is 17.6 Å². The lowest BCUT2D eigenvalue weighted by Crippen LogP contribution is -2.43. The largest absolute Gasteiger partial charge is 0.351 e. The molecule has 1 aliphatic rings. The van der Waals surface area contributed by atoms with Gasteiger partial charge in [-0.1, -0.05) is 43.3 Å². The molecule has 0 aliphatic carbocycles. The molecule has 2 amide bonds. The minimum atomic E-state index is -0.336. The van der Waals surface area contributed by atoms with Crippen LogP contribution in [0.2, 0.25) is 0 Å². The molecule has 0 saturated heterocycles. The number of hydrogen-bond acceptors (Lipinski definition) is 4. The van der Waals surface area contributed by atoms with Crippen molar-refractivity contribution < 1.29 is 9.59 Å². The molecule has 3 aromatic rings. The van der Waals surface area contributed by atoms with Gasteiger partial charge in [-0.2, -0.15) is 0 Å². The lowest BCUT2D eigenvalue weighted by molar-refractivity contribution is -0.133. The number of benzene rings is 1. The topological polar surface area (TPSA) is 80.1 Å².